The average molecular weight is 208 g/mol. The molecule has 0 aliphatic heterocycles. The van der Waals surface area contributed by atoms with Crippen molar-refractivity contribution in [2.45, 2.75) is 37.9 Å². The topological polar surface area (TPSA) is 18.5 Å². The van der Waals surface area contributed by atoms with Crippen molar-refractivity contribution in [3.63, 3.8) is 0 Å². The van der Waals surface area contributed by atoms with Crippen LogP contribution in [0.5, 0.6) is 0 Å². The molecule has 74 valence electrons. The van der Waals surface area contributed by atoms with Crippen molar-refractivity contribution in [1.82, 2.24) is 0 Å². The van der Waals surface area contributed by atoms with Crippen molar-refractivity contribution in [1.29, 1.82) is 0 Å². The molecule has 0 spiro atoms. The molecule has 0 aromatic rings. The molecule has 0 aromatic carbocycles. The van der Waals surface area contributed by atoms with Crippen molar-refractivity contribution in [3.05, 3.63) is 0 Å². The predicted molar refractivity (Wildman–Crippen MR) is 59.0 cm³/mol. The summed E-state index contributed by atoms with van der Waals surface area (Å²) in [5, 5.41) is 0.334. The van der Waals surface area contributed by atoms with Crippen molar-refractivity contribution in [2.75, 3.05) is 13.2 Å². The van der Waals surface area contributed by atoms with Gasteiger partial charge in [0.05, 0.1) is 10.2 Å². The third-order valence-corrected chi connectivity index (χ3v) is 2.73. The lowest BCUT2D eigenvalue weighted by Gasteiger charge is -2.30. The maximum atomic E-state index is 5.57. The van der Waals surface area contributed by atoms with Gasteiger partial charge < -0.3 is 9.47 Å². The quantitative estimate of drug-likeness (QED) is 0.395. The number of hydrogen-bond donors (Lipinski definition) is 1. The molecule has 1 atom stereocenters. The van der Waals surface area contributed by atoms with E-state index in [1.807, 2.05) is 13.8 Å². The van der Waals surface area contributed by atoms with Gasteiger partial charge in [-0.2, -0.15) is 12.6 Å². The zero-order valence-electron chi connectivity index (χ0n) is 8.46. The number of rotatable bonds is 6. The molecule has 2 nitrogen and oxygen atoms in total. The molecule has 0 aromatic heterocycles. The van der Waals surface area contributed by atoms with Crippen molar-refractivity contribution < 1.29 is 9.47 Å². The third kappa shape index (κ3) is 5.19. The Kier molecular flexibility index (Phi) is 6.26. The largest absolute Gasteiger partial charge is 0.355 e. The standard InChI is InChI=1S/C8H20O2SSi/c1-4-9-8(12,10-5-2)6-7(3)11/h7,11H,4-6H2,1-3,12H3. The van der Waals surface area contributed by atoms with E-state index in [1.165, 1.54) is 0 Å². The van der Waals surface area contributed by atoms with Crippen molar-refractivity contribution >= 4 is 22.9 Å². The van der Waals surface area contributed by atoms with E-state index in [4.69, 9.17) is 9.47 Å². The molecule has 0 radical (unpaired) electrons. The van der Waals surface area contributed by atoms with Gasteiger partial charge in [-0.05, 0) is 13.8 Å². The van der Waals surface area contributed by atoms with Crippen LogP contribution in [0.1, 0.15) is 27.2 Å². The second kappa shape index (κ2) is 6.02. The van der Waals surface area contributed by atoms with Crippen LogP contribution in [0.4, 0.5) is 0 Å². The van der Waals surface area contributed by atoms with Crippen molar-refractivity contribution in [2.24, 2.45) is 0 Å². The van der Waals surface area contributed by atoms with E-state index in [1.54, 1.807) is 0 Å². The van der Waals surface area contributed by atoms with Crippen LogP contribution in [0.2, 0.25) is 0 Å². The van der Waals surface area contributed by atoms with Gasteiger partial charge in [0, 0.05) is 24.9 Å². The molecule has 0 aliphatic rings. The summed E-state index contributed by atoms with van der Waals surface area (Å²) in [7, 11) is 0.892. The van der Waals surface area contributed by atoms with E-state index in [0.717, 1.165) is 16.7 Å². The number of thiol groups is 1. The summed E-state index contributed by atoms with van der Waals surface area (Å²) in [6, 6.07) is 0. The maximum Gasteiger partial charge on any atom is 0.142 e. The van der Waals surface area contributed by atoms with Gasteiger partial charge in [-0.25, -0.2) is 0 Å². The first kappa shape index (κ1) is 12.5. The van der Waals surface area contributed by atoms with E-state index in [9.17, 15) is 0 Å². The van der Waals surface area contributed by atoms with Crippen LogP contribution >= 0.6 is 12.6 Å². The first-order valence-corrected chi connectivity index (χ1v) is 6.01. The molecule has 0 amide bonds. The minimum absolute atomic E-state index is 0.315. The van der Waals surface area contributed by atoms with Crippen LogP contribution in [0, 0.1) is 0 Å². The Balaban J connectivity index is 3.98. The van der Waals surface area contributed by atoms with Gasteiger partial charge in [-0.1, -0.05) is 6.92 Å². The fourth-order valence-corrected chi connectivity index (χ4v) is 3.17. The molecule has 4 heteroatoms. The van der Waals surface area contributed by atoms with Crippen molar-refractivity contribution in [3.8, 4) is 0 Å². The van der Waals surface area contributed by atoms with Crippen LogP contribution in [-0.2, 0) is 9.47 Å². The highest BCUT2D eigenvalue weighted by molar-refractivity contribution is 7.80. The molecule has 12 heavy (non-hydrogen) atoms. The summed E-state index contributed by atoms with van der Waals surface area (Å²) in [6.07, 6.45) is 0.879. The lowest BCUT2D eigenvalue weighted by Crippen LogP contribution is -2.38. The first-order chi connectivity index (χ1) is 5.54. The lowest BCUT2D eigenvalue weighted by molar-refractivity contribution is -0.175. The predicted octanol–water partition coefficient (Wildman–Crippen LogP) is 0.787. The number of ether oxygens (including phenoxy) is 2. The Morgan fingerprint density at radius 3 is 2.00 bits per heavy atom. The highest BCUT2D eigenvalue weighted by Crippen LogP contribution is 2.18. The SMILES string of the molecule is CCOC([SiH3])(CC(C)S)OCC. The fourth-order valence-electron chi connectivity index (χ4n) is 1.31. The Morgan fingerprint density at radius 2 is 1.75 bits per heavy atom. The highest BCUT2D eigenvalue weighted by atomic mass is 32.1. The zero-order chi connectivity index (χ0) is 9.61. The second-order valence-corrected chi connectivity index (χ2v) is 5.46. The molecule has 0 bridgehead atoms. The summed E-state index contributed by atoms with van der Waals surface area (Å²) >= 11 is 4.34. The Labute approximate surface area is 83.8 Å². The summed E-state index contributed by atoms with van der Waals surface area (Å²) in [6.45, 7) is 7.48. The third-order valence-electron chi connectivity index (χ3n) is 1.57. The van der Waals surface area contributed by atoms with E-state index in [2.05, 4.69) is 19.6 Å². The van der Waals surface area contributed by atoms with Gasteiger partial charge in [0.15, 0.2) is 0 Å². The van der Waals surface area contributed by atoms with Crippen LogP contribution in [0.3, 0.4) is 0 Å². The van der Waals surface area contributed by atoms with Crippen LogP contribution < -0.4 is 0 Å². The van der Waals surface area contributed by atoms with E-state index < -0.39 is 0 Å². The summed E-state index contributed by atoms with van der Waals surface area (Å²) in [5.41, 5.74) is -0.315. The van der Waals surface area contributed by atoms with Gasteiger partial charge >= 0.3 is 0 Å². The van der Waals surface area contributed by atoms with Gasteiger partial charge in [0.1, 0.15) is 5.41 Å². The van der Waals surface area contributed by atoms with Gasteiger partial charge in [-0.3, -0.25) is 0 Å². The normalized spacial score (nSPS) is 15.0. The summed E-state index contributed by atoms with van der Waals surface area (Å²) < 4.78 is 11.1. The molecule has 0 heterocycles. The molecule has 0 saturated carbocycles. The first-order valence-electron chi connectivity index (χ1n) is 4.50. The minimum Gasteiger partial charge on any atom is -0.355 e. The van der Waals surface area contributed by atoms with E-state index in [-0.39, 0.29) is 5.41 Å². The van der Waals surface area contributed by atoms with E-state index >= 15 is 0 Å². The summed E-state index contributed by atoms with van der Waals surface area (Å²) in [5.74, 6) is 0. The van der Waals surface area contributed by atoms with Crippen LogP contribution in [0.15, 0.2) is 0 Å². The zero-order valence-corrected chi connectivity index (χ0v) is 11.4. The fraction of sp³-hybridized carbons (Fsp3) is 1.00. The molecule has 0 N–H and O–H groups in total. The molecule has 0 rings (SSSR count). The molecular weight excluding hydrogens is 188 g/mol. The van der Waals surface area contributed by atoms with Crippen LogP contribution in [-0.4, -0.2) is 34.1 Å². The Bertz CT molecular complexity index is 114. The number of hydrogen-bond acceptors (Lipinski definition) is 3. The Morgan fingerprint density at radius 1 is 1.33 bits per heavy atom. The average Bonchev–Trinajstić information content (AvgIpc) is 1.85. The van der Waals surface area contributed by atoms with Gasteiger partial charge in [0.2, 0.25) is 0 Å². The minimum atomic E-state index is -0.315. The molecule has 0 saturated heterocycles. The van der Waals surface area contributed by atoms with Crippen LogP contribution in [0.25, 0.3) is 0 Å². The highest BCUT2D eigenvalue weighted by Gasteiger charge is 2.25. The lowest BCUT2D eigenvalue weighted by atomic mass is 10.3. The molecular formula is C8H20O2SSi. The van der Waals surface area contributed by atoms with E-state index in [0.29, 0.717) is 18.5 Å². The molecule has 1 unspecified atom stereocenters. The summed E-state index contributed by atoms with van der Waals surface area (Å²) in [4.78, 5) is 0. The molecule has 0 fully saturated rings. The van der Waals surface area contributed by atoms with Gasteiger partial charge in [-0.15, -0.1) is 0 Å². The maximum absolute atomic E-state index is 5.57. The smallest absolute Gasteiger partial charge is 0.142 e. The Hall–Kier alpha value is 0.487. The monoisotopic (exact) mass is 208 g/mol. The second-order valence-electron chi connectivity index (χ2n) is 3.05. The van der Waals surface area contributed by atoms with Gasteiger partial charge in [0.25, 0.3) is 0 Å². The molecule has 0 aliphatic carbocycles.